The Labute approximate surface area is 244 Å². The number of rotatable bonds is 12. The molecule has 2 aromatic carbocycles. The maximum Gasteiger partial charge on any atom is 0.338 e. The number of nitro groups is 1. The number of thioether (sulfide) groups is 1. The van der Waals surface area contributed by atoms with Crippen molar-refractivity contribution in [1.82, 2.24) is 10.2 Å². The number of hydrogen-bond acceptors (Lipinski definition) is 9. The summed E-state index contributed by atoms with van der Waals surface area (Å²) in [5.41, 5.74) is 2.24. The van der Waals surface area contributed by atoms with Crippen LogP contribution >= 0.6 is 23.4 Å². The topological polar surface area (TPSA) is 106 Å². The molecule has 0 spiro atoms. The van der Waals surface area contributed by atoms with Gasteiger partial charge in [0.25, 0.3) is 5.69 Å². The molecule has 214 valence electrons. The van der Waals surface area contributed by atoms with Gasteiger partial charge in [-0.25, -0.2) is 9.79 Å². The van der Waals surface area contributed by atoms with Crippen molar-refractivity contribution in [2.75, 3.05) is 45.7 Å². The van der Waals surface area contributed by atoms with Gasteiger partial charge in [-0.05, 0) is 62.2 Å². The lowest BCUT2D eigenvalue weighted by molar-refractivity contribution is -0.384. The molecule has 0 aromatic heterocycles. The molecular formula is C29H35ClN4O5S. The number of piperidine rings is 1. The van der Waals surface area contributed by atoms with Crippen molar-refractivity contribution in [3.63, 3.8) is 0 Å². The summed E-state index contributed by atoms with van der Waals surface area (Å²) in [5, 5.41) is 15.4. The maximum atomic E-state index is 13.5. The lowest BCUT2D eigenvalue weighted by Gasteiger charge is -2.28. The van der Waals surface area contributed by atoms with Crippen LogP contribution in [0.2, 0.25) is 5.02 Å². The number of aliphatic imine (C=N–C) groups is 1. The summed E-state index contributed by atoms with van der Waals surface area (Å²) in [4.78, 5) is 31.7. The number of nitrogens with zero attached hydrogens (tertiary/aromatic N) is 3. The van der Waals surface area contributed by atoms with E-state index in [0.717, 1.165) is 26.1 Å². The zero-order valence-electron chi connectivity index (χ0n) is 22.6. The molecule has 0 saturated carbocycles. The molecule has 9 nitrogen and oxygen atoms in total. The van der Waals surface area contributed by atoms with Crippen molar-refractivity contribution in [2.24, 2.45) is 4.99 Å². The summed E-state index contributed by atoms with van der Waals surface area (Å²) >= 11 is 7.46. The van der Waals surface area contributed by atoms with E-state index in [0.29, 0.717) is 29.5 Å². The third-order valence-electron chi connectivity index (χ3n) is 6.93. The Kier molecular flexibility index (Phi) is 11.4. The van der Waals surface area contributed by atoms with E-state index in [4.69, 9.17) is 26.1 Å². The Morgan fingerprint density at radius 2 is 1.95 bits per heavy atom. The molecule has 2 aliphatic heterocycles. The zero-order valence-corrected chi connectivity index (χ0v) is 24.2. The molecule has 0 bridgehead atoms. The Morgan fingerprint density at radius 1 is 1.18 bits per heavy atom. The third-order valence-corrected chi connectivity index (χ3v) is 7.85. The van der Waals surface area contributed by atoms with Crippen molar-refractivity contribution >= 4 is 40.2 Å². The number of amidine groups is 1. The highest BCUT2D eigenvalue weighted by molar-refractivity contribution is 8.13. The van der Waals surface area contributed by atoms with Gasteiger partial charge in [-0.1, -0.05) is 66.2 Å². The van der Waals surface area contributed by atoms with Crippen LogP contribution in [-0.4, -0.2) is 66.7 Å². The molecule has 40 heavy (non-hydrogen) atoms. The van der Waals surface area contributed by atoms with Crippen LogP contribution in [0.5, 0.6) is 0 Å². The Bertz CT molecular complexity index is 1230. The average Bonchev–Trinajstić information content (AvgIpc) is 2.98. The fraction of sp³-hybridized carbons (Fsp3) is 0.448. The van der Waals surface area contributed by atoms with Crippen LogP contribution in [0.15, 0.2) is 64.8 Å². The molecule has 0 radical (unpaired) electrons. The molecule has 4 rings (SSSR count). The fourth-order valence-electron chi connectivity index (χ4n) is 4.82. The molecule has 2 aromatic rings. The normalized spacial score (nSPS) is 17.8. The molecule has 2 aliphatic rings. The number of carbonyl (C=O) groups is 1. The van der Waals surface area contributed by atoms with Crippen LogP contribution in [-0.2, 0) is 20.7 Å². The van der Waals surface area contributed by atoms with Crippen LogP contribution in [0.4, 0.5) is 5.69 Å². The minimum atomic E-state index is -0.804. The molecule has 1 saturated heterocycles. The first-order valence-corrected chi connectivity index (χ1v) is 15.1. The highest BCUT2D eigenvalue weighted by Gasteiger charge is 2.33. The predicted molar refractivity (Wildman–Crippen MR) is 159 cm³/mol. The summed E-state index contributed by atoms with van der Waals surface area (Å²) in [6.45, 7) is 3.88. The van der Waals surface area contributed by atoms with E-state index >= 15 is 0 Å². The monoisotopic (exact) mass is 586 g/mol. The predicted octanol–water partition coefficient (Wildman–Crippen LogP) is 5.54. The van der Waals surface area contributed by atoms with Crippen LogP contribution < -0.4 is 5.32 Å². The highest BCUT2D eigenvalue weighted by Crippen LogP contribution is 2.36. The quantitative estimate of drug-likeness (QED) is 0.149. The van der Waals surface area contributed by atoms with Crippen LogP contribution in [0, 0.1) is 10.1 Å². The largest absolute Gasteiger partial charge is 0.462 e. The number of nitrogens with one attached hydrogen (secondary N) is 1. The van der Waals surface area contributed by atoms with E-state index in [1.165, 1.54) is 48.7 Å². The van der Waals surface area contributed by atoms with Crippen LogP contribution in [0.3, 0.4) is 0 Å². The zero-order chi connectivity index (χ0) is 28.3. The summed E-state index contributed by atoms with van der Waals surface area (Å²) in [6, 6.07) is 13.7. The first kappa shape index (κ1) is 30.0. The summed E-state index contributed by atoms with van der Waals surface area (Å²) < 4.78 is 11.8. The molecule has 0 aliphatic carbocycles. The molecule has 11 heteroatoms. The number of nitro benzene ring substituents is 1. The van der Waals surface area contributed by atoms with Gasteiger partial charge in [0.05, 0.1) is 36.0 Å². The molecular weight excluding hydrogens is 552 g/mol. The van der Waals surface area contributed by atoms with Crippen LogP contribution in [0.1, 0.15) is 42.9 Å². The highest BCUT2D eigenvalue weighted by atomic mass is 35.5. The lowest BCUT2D eigenvalue weighted by Crippen LogP contribution is -2.35. The van der Waals surface area contributed by atoms with E-state index in [-0.39, 0.29) is 29.5 Å². The Balaban J connectivity index is 1.54. The molecule has 1 atom stereocenters. The van der Waals surface area contributed by atoms with Gasteiger partial charge in [-0.15, -0.1) is 0 Å². The van der Waals surface area contributed by atoms with Crippen molar-refractivity contribution in [2.45, 2.75) is 38.1 Å². The minimum absolute atomic E-state index is 0.0204. The molecule has 0 amide bonds. The lowest BCUT2D eigenvalue weighted by atomic mass is 9.96. The summed E-state index contributed by atoms with van der Waals surface area (Å²) in [6.07, 6.45) is 6.99. The number of hydrogen-bond donors (Lipinski definition) is 1. The first-order valence-electron chi connectivity index (χ1n) is 13.5. The number of aryl methyl sites for hydroxylation is 1. The first-order chi connectivity index (χ1) is 19.5. The van der Waals surface area contributed by atoms with Gasteiger partial charge in [-0.3, -0.25) is 10.1 Å². The molecule has 1 fully saturated rings. The number of likely N-dealkylation sites (tertiary alicyclic amines) is 1. The van der Waals surface area contributed by atoms with Crippen molar-refractivity contribution in [1.29, 1.82) is 0 Å². The number of carbonyl (C=O) groups excluding carboxylic acids is 1. The average molecular weight is 587 g/mol. The minimum Gasteiger partial charge on any atom is -0.462 e. The van der Waals surface area contributed by atoms with Gasteiger partial charge in [-0.2, -0.15) is 0 Å². The van der Waals surface area contributed by atoms with E-state index in [1.54, 1.807) is 6.07 Å². The third kappa shape index (κ3) is 8.30. The second-order valence-corrected chi connectivity index (χ2v) is 10.9. The van der Waals surface area contributed by atoms with Crippen molar-refractivity contribution in [3.05, 3.63) is 86.1 Å². The van der Waals surface area contributed by atoms with E-state index in [1.807, 2.05) is 36.6 Å². The van der Waals surface area contributed by atoms with Gasteiger partial charge in [0.1, 0.15) is 11.1 Å². The van der Waals surface area contributed by atoms with Crippen molar-refractivity contribution < 1.29 is 19.2 Å². The van der Waals surface area contributed by atoms with Crippen molar-refractivity contribution in [3.8, 4) is 0 Å². The maximum absolute atomic E-state index is 13.5. The Hall–Kier alpha value is -2.92. The number of ether oxygens (including phenoxy) is 2. The van der Waals surface area contributed by atoms with Gasteiger partial charge >= 0.3 is 5.97 Å². The van der Waals surface area contributed by atoms with E-state index in [9.17, 15) is 14.9 Å². The molecule has 1 unspecified atom stereocenters. The number of halogens is 1. The number of benzene rings is 2. The second kappa shape index (κ2) is 15.2. The second-order valence-electron chi connectivity index (χ2n) is 9.71. The standard InChI is InChI=1S/C29H35ClN4O5S/c1-40-29-31-24(20-38-18-16-33-14-6-3-7-15-33)26(28(35)39-17-8-11-21-9-4-2-5-10-21)27(32-29)22-12-13-23(30)25(19-22)34(36)37/h2,4-5,9-10,12-13,19,27H,3,6-8,11,14-18,20H2,1H3,(H,31,32). The van der Waals surface area contributed by atoms with Gasteiger partial charge < -0.3 is 19.7 Å². The van der Waals surface area contributed by atoms with Gasteiger partial charge in [0, 0.05) is 12.6 Å². The fourth-order valence-corrected chi connectivity index (χ4v) is 5.45. The van der Waals surface area contributed by atoms with Crippen LogP contribution in [0.25, 0.3) is 0 Å². The number of esters is 1. The SMILES string of the molecule is CSC1=NC(c2ccc(Cl)c([N+](=O)[O-])c2)C(C(=O)OCCCc2ccccc2)=C(COCCN2CCCCC2)N1. The van der Waals surface area contributed by atoms with E-state index in [2.05, 4.69) is 10.2 Å². The summed E-state index contributed by atoms with van der Waals surface area (Å²) in [7, 11) is 0. The van der Waals surface area contributed by atoms with E-state index < -0.39 is 16.9 Å². The molecule has 2 heterocycles. The Morgan fingerprint density at radius 3 is 2.67 bits per heavy atom. The smallest absolute Gasteiger partial charge is 0.338 e. The molecule has 1 N–H and O–H groups in total. The summed E-state index contributed by atoms with van der Waals surface area (Å²) in [5.74, 6) is -0.526. The van der Waals surface area contributed by atoms with Gasteiger partial charge in [0.15, 0.2) is 5.17 Å². The van der Waals surface area contributed by atoms with Gasteiger partial charge in [0.2, 0.25) is 0 Å².